The van der Waals surface area contributed by atoms with E-state index < -0.39 is 0 Å². The third-order valence-corrected chi connectivity index (χ3v) is 5.39. The van der Waals surface area contributed by atoms with Crippen molar-refractivity contribution in [1.29, 1.82) is 0 Å². The van der Waals surface area contributed by atoms with Gasteiger partial charge in [0.25, 0.3) is 0 Å². The minimum atomic E-state index is -0.237. The van der Waals surface area contributed by atoms with E-state index in [1.54, 1.807) is 6.07 Å². The molecule has 0 N–H and O–H groups in total. The second kappa shape index (κ2) is 9.25. The van der Waals surface area contributed by atoms with Gasteiger partial charge in [0.2, 0.25) is 0 Å². The molecular weight excluding hydrogens is 322 g/mol. The first-order valence-corrected chi connectivity index (χ1v) is 10.2. The standard InChI is InChI=1S/C23H35NO2/c1-7-24(8-2)18-12-13-20-21(15-23(25)26-22(20)14-18)19(17(5)6)11-9-10-16(3)4/h12-17,19H,7-11H2,1-6H3. The fourth-order valence-electron chi connectivity index (χ4n) is 3.86. The van der Waals surface area contributed by atoms with Crippen molar-refractivity contribution >= 4 is 16.7 Å². The molecule has 0 aliphatic carbocycles. The largest absolute Gasteiger partial charge is 0.423 e. The number of rotatable bonds is 9. The van der Waals surface area contributed by atoms with Crippen molar-refractivity contribution in [2.75, 3.05) is 18.0 Å². The molecule has 2 aromatic rings. The van der Waals surface area contributed by atoms with E-state index in [0.717, 1.165) is 42.1 Å². The van der Waals surface area contributed by atoms with Crippen molar-refractivity contribution in [3.05, 3.63) is 40.2 Å². The molecule has 0 spiro atoms. The second-order valence-electron chi connectivity index (χ2n) is 8.05. The summed E-state index contributed by atoms with van der Waals surface area (Å²) in [7, 11) is 0. The highest BCUT2D eigenvalue weighted by molar-refractivity contribution is 5.84. The van der Waals surface area contributed by atoms with E-state index in [2.05, 4.69) is 58.6 Å². The lowest BCUT2D eigenvalue weighted by Gasteiger charge is -2.24. The predicted molar refractivity (Wildman–Crippen MR) is 112 cm³/mol. The topological polar surface area (TPSA) is 33.5 Å². The molecule has 1 heterocycles. The molecule has 0 aliphatic rings. The third-order valence-electron chi connectivity index (χ3n) is 5.39. The molecular formula is C23H35NO2. The molecule has 1 aromatic heterocycles. The maximum absolute atomic E-state index is 12.3. The molecule has 1 unspecified atom stereocenters. The molecule has 144 valence electrons. The summed E-state index contributed by atoms with van der Waals surface area (Å²) in [5.74, 6) is 1.60. The number of benzene rings is 1. The van der Waals surface area contributed by atoms with Crippen LogP contribution in [-0.4, -0.2) is 13.1 Å². The van der Waals surface area contributed by atoms with Crippen molar-refractivity contribution in [2.24, 2.45) is 11.8 Å². The van der Waals surface area contributed by atoms with Gasteiger partial charge in [0.15, 0.2) is 0 Å². The number of hydrogen-bond donors (Lipinski definition) is 0. The Morgan fingerprint density at radius 3 is 2.27 bits per heavy atom. The highest BCUT2D eigenvalue weighted by Crippen LogP contribution is 2.35. The van der Waals surface area contributed by atoms with E-state index in [0.29, 0.717) is 17.4 Å². The van der Waals surface area contributed by atoms with Gasteiger partial charge in [0.1, 0.15) is 5.58 Å². The van der Waals surface area contributed by atoms with Gasteiger partial charge in [-0.2, -0.15) is 0 Å². The van der Waals surface area contributed by atoms with Crippen LogP contribution in [0, 0.1) is 11.8 Å². The van der Waals surface area contributed by atoms with Crippen molar-refractivity contribution in [1.82, 2.24) is 0 Å². The van der Waals surface area contributed by atoms with Crippen LogP contribution in [-0.2, 0) is 0 Å². The Kier molecular flexibility index (Phi) is 7.31. The van der Waals surface area contributed by atoms with Crippen molar-refractivity contribution < 1.29 is 4.42 Å². The van der Waals surface area contributed by atoms with Crippen LogP contribution in [0.5, 0.6) is 0 Å². The number of nitrogens with zero attached hydrogens (tertiary/aromatic N) is 1. The van der Waals surface area contributed by atoms with Gasteiger partial charge < -0.3 is 9.32 Å². The van der Waals surface area contributed by atoms with Gasteiger partial charge >= 0.3 is 5.63 Å². The zero-order valence-corrected chi connectivity index (χ0v) is 17.3. The van der Waals surface area contributed by atoms with E-state index >= 15 is 0 Å². The second-order valence-corrected chi connectivity index (χ2v) is 8.05. The average Bonchev–Trinajstić information content (AvgIpc) is 2.58. The lowest BCUT2D eigenvalue weighted by atomic mass is 9.82. The predicted octanol–water partition coefficient (Wildman–Crippen LogP) is 6.21. The fraction of sp³-hybridized carbons (Fsp3) is 0.609. The van der Waals surface area contributed by atoms with Gasteiger partial charge in [-0.05, 0) is 55.7 Å². The molecule has 0 aliphatic heterocycles. The molecule has 3 nitrogen and oxygen atoms in total. The fourth-order valence-corrected chi connectivity index (χ4v) is 3.86. The normalized spacial score (nSPS) is 12.9. The van der Waals surface area contributed by atoms with E-state index in [1.807, 2.05) is 6.07 Å². The van der Waals surface area contributed by atoms with Crippen molar-refractivity contribution in [2.45, 2.75) is 66.7 Å². The zero-order chi connectivity index (χ0) is 19.3. The lowest BCUT2D eigenvalue weighted by molar-refractivity contribution is 0.426. The highest BCUT2D eigenvalue weighted by Gasteiger charge is 2.20. The highest BCUT2D eigenvalue weighted by atomic mass is 16.4. The van der Waals surface area contributed by atoms with E-state index in [-0.39, 0.29) is 5.63 Å². The summed E-state index contributed by atoms with van der Waals surface area (Å²) in [6, 6.07) is 8.04. The van der Waals surface area contributed by atoms with Crippen LogP contribution in [0.1, 0.15) is 72.3 Å². The van der Waals surface area contributed by atoms with Gasteiger partial charge in [0.05, 0.1) is 0 Å². The number of anilines is 1. The van der Waals surface area contributed by atoms with Gasteiger partial charge in [0, 0.05) is 36.3 Å². The first-order chi connectivity index (χ1) is 12.4. The molecule has 0 radical (unpaired) electrons. The maximum atomic E-state index is 12.3. The van der Waals surface area contributed by atoms with Crippen LogP contribution in [0.25, 0.3) is 11.0 Å². The molecule has 2 rings (SSSR count). The maximum Gasteiger partial charge on any atom is 0.336 e. The summed E-state index contributed by atoms with van der Waals surface area (Å²) in [5.41, 5.74) is 2.75. The monoisotopic (exact) mass is 357 g/mol. The SMILES string of the molecule is CCN(CC)c1ccc2c(C(CCCC(C)C)C(C)C)cc(=O)oc2c1. The zero-order valence-electron chi connectivity index (χ0n) is 17.3. The van der Waals surface area contributed by atoms with Crippen LogP contribution in [0.2, 0.25) is 0 Å². The summed E-state index contributed by atoms with van der Waals surface area (Å²) in [4.78, 5) is 14.5. The minimum absolute atomic E-state index is 0.237. The Hall–Kier alpha value is -1.77. The van der Waals surface area contributed by atoms with Crippen LogP contribution in [0.15, 0.2) is 33.5 Å². The van der Waals surface area contributed by atoms with Crippen molar-refractivity contribution in [3.63, 3.8) is 0 Å². The lowest BCUT2D eigenvalue weighted by Crippen LogP contribution is -2.21. The quantitative estimate of drug-likeness (QED) is 0.501. The van der Waals surface area contributed by atoms with Gasteiger partial charge in [-0.15, -0.1) is 0 Å². The molecule has 0 bridgehead atoms. The summed E-state index contributed by atoms with van der Waals surface area (Å²) in [6.45, 7) is 15.2. The molecule has 0 saturated carbocycles. The summed E-state index contributed by atoms with van der Waals surface area (Å²) < 4.78 is 5.57. The van der Waals surface area contributed by atoms with Crippen LogP contribution in [0.3, 0.4) is 0 Å². The smallest absolute Gasteiger partial charge is 0.336 e. The van der Waals surface area contributed by atoms with Gasteiger partial charge in [-0.3, -0.25) is 0 Å². The molecule has 0 amide bonds. The van der Waals surface area contributed by atoms with E-state index in [4.69, 9.17) is 4.42 Å². The first kappa shape index (κ1) is 20.5. The molecule has 0 fully saturated rings. The van der Waals surface area contributed by atoms with Gasteiger partial charge in [-0.1, -0.05) is 40.5 Å². The summed E-state index contributed by atoms with van der Waals surface area (Å²) >= 11 is 0. The Labute approximate surface area is 158 Å². The van der Waals surface area contributed by atoms with Crippen LogP contribution >= 0.6 is 0 Å². The van der Waals surface area contributed by atoms with Crippen LogP contribution in [0.4, 0.5) is 5.69 Å². The third kappa shape index (κ3) is 4.90. The van der Waals surface area contributed by atoms with Crippen LogP contribution < -0.4 is 10.5 Å². The molecule has 26 heavy (non-hydrogen) atoms. The Bertz CT molecular complexity index is 756. The molecule has 0 saturated heterocycles. The van der Waals surface area contributed by atoms with Gasteiger partial charge in [-0.25, -0.2) is 4.79 Å². The number of hydrogen-bond acceptors (Lipinski definition) is 3. The molecule has 1 aromatic carbocycles. The first-order valence-electron chi connectivity index (χ1n) is 10.2. The summed E-state index contributed by atoms with van der Waals surface area (Å²) in [5, 5.41) is 1.09. The number of fused-ring (bicyclic) bond motifs is 1. The Balaban J connectivity index is 2.46. The van der Waals surface area contributed by atoms with Crippen molar-refractivity contribution in [3.8, 4) is 0 Å². The average molecular weight is 358 g/mol. The summed E-state index contributed by atoms with van der Waals surface area (Å²) in [6.07, 6.45) is 3.54. The Morgan fingerprint density at radius 2 is 1.69 bits per heavy atom. The molecule has 3 heteroatoms. The Morgan fingerprint density at radius 1 is 1.00 bits per heavy atom. The minimum Gasteiger partial charge on any atom is -0.423 e. The molecule has 1 atom stereocenters. The van der Waals surface area contributed by atoms with E-state index in [1.165, 1.54) is 12.8 Å². The van der Waals surface area contributed by atoms with E-state index in [9.17, 15) is 4.79 Å².